The van der Waals surface area contributed by atoms with E-state index in [1.807, 2.05) is 0 Å². The first-order chi connectivity index (χ1) is 9.07. The van der Waals surface area contributed by atoms with Crippen LogP contribution in [0.15, 0.2) is 0 Å². The predicted octanol–water partition coefficient (Wildman–Crippen LogP) is 0.637. The second-order valence-corrected chi connectivity index (χ2v) is 7.12. The van der Waals surface area contributed by atoms with Crippen LogP contribution in [0.2, 0.25) is 0 Å². The molecular formula is C13H29N3O2S. The van der Waals surface area contributed by atoms with Crippen LogP contribution in [0.3, 0.4) is 0 Å². The summed E-state index contributed by atoms with van der Waals surface area (Å²) in [5.74, 6) is 0.541. The largest absolute Gasteiger partial charge is 0.316 e. The van der Waals surface area contributed by atoms with E-state index < -0.39 is 10.0 Å². The lowest BCUT2D eigenvalue weighted by Gasteiger charge is -2.22. The van der Waals surface area contributed by atoms with Crippen LogP contribution in [0, 0.1) is 5.92 Å². The van der Waals surface area contributed by atoms with E-state index in [1.54, 1.807) is 0 Å². The van der Waals surface area contributed by atoms with Crippen molar-refractivity contribution in [2.45, 2.75) is 33.1 Å². The number of piperidine rings is 1. The van der Waals surface area contributed by atoms with Crippen molar-refractivity contribution >= 4 is 10.0 Å². The molecule has 19 heavy (non-hydrogen) atoms. The third-order valence-corrected chi connectivity index (χ3v) is 5.28. The normalized spacial score (nSPS) is 20.9. The zero-order valence-electron chi connectivity index (χ0n) is 12.3. The Hall–Kier alpha value is -0.170. The van der Waals surface area contributed by atoms with Crippen molar-refractivity contribution in [1.29, 1.82) is 0 Å². The summed E-state index contributed by atoms with van der Waals surface area (Å²) in [6.45, 7) is 9.68. The van der Waals surface area contributed by atoms with Crippen molar-refractivity contribution in [1.82, 2.24) is 14.9 Å². The molecule has 1 heterocycles. The van der Waals surface area contributed by atoms with Crippen LogP contribution in [0.4, 0.5) is 0 Å². The van der Waals surface area contributed by atoms with Crippen LogP contribution in [0.5, 0.6) is 0 Å². The van der Waals surface area contributed by atoms with Gasteiger partial charge in [-0.05, 0) is 57.9 Å². The quantitative estimate of drug-likeness (QED) is 0.612. The van der Waals surface area contributed by atoms with E-state index in [0.717, 1.165) is 52.0 Å². The molecule has 0 aromatic rings. The van der Waals surface area contributed by atoms with Gasteiger partial charge < -0.3 is 10.2 Å². The van der Waals surface area contributed by atoms with Gasteiger partial charge in [0.15, 0.2) is 0 Å². The number of hydrogen-bond acceptors (Lipinski definition) is 4. The van der Waals surface area contributed by atoms with Crippen LogP contribution in [-0.4, -0.2) is 58.3 Å². The van der Waals surface area contributed by atoms with Crippen LogP contribution in [-0.2, 0) is 10.0 Å². The molecule has 6 heteroatoms. The van der Waals surface area contributed by atoms with Crippen molar-refractivity contribution in [3.63, 3.8) is 0 Å². The predicted molar refractivity (Wildman–Crippen MR) is 79.8 cm³/mol. The van der Waals surface area contributed by atoms with Gasteiger partial charge in [-0.15, -0.1) is 0 Å². The Labute approximate surface area is 118 Å². The van der Waals surface area contributed by atoms with E-state index in [0.29, 0.717) is 6.54 Å². The lowest BCUT2D eigenvalue weighted by Crippen LogP contribution is -2.38. The van der Waals surface area contributed by atoms with E-state index in [-0.39, 0.29) is 11.7 Å². The van der Waals surface area contributed by atoms with Crippen molar-refractivity contribution in [2.24, 2.45) is 5.92 Å². The van der Waals surface area contributed by atoms with Gasteiger partial charge in [0.25, 0.3) is 0 Å². The summed E-state index contributed by atoms with van der Waals surface area (Å²) in [7, 11) is -3.10. The van der Waals surface area contributed by atoms with Gasteiger partial charge in [0.1, 0.15) is 0 Å². The summed E-state index contributed by atoms with van der Waals surface area (Å²) in [6, 6.07) is 0. The topological polar surface area (TPSA) is 61.4 Å². The van der Waals surface area contributed by atoms with Gasteiger partial charge in [0, 0.05) is 6.54 Å². The molecule has 1 aliphatic heterocycles. The summed E-state index contributed by atoms with van der Waals surface area (Å²) in [5.41, 5.74) is 0. The molecule has 1 unspecified atom stereocenters. The second-order valence-electron chi connectivity index (χ2n) is 5.27. The minimum atomic E-state index is -3.10. The van der Waals surface area contributed by atoms with E-state index >= 15 is 0 Å². The molecule has 0 amide bonds. The molecule has 1 rings (SSSR count). The van der Waals surface area contributed by atoms with Gasteiger partial charge >= 0.3 is 0 Å². The molecule has 0 aromatic heterocycles. The summed E-state index contributed by atoms with van der Waals surface area (Å²) in [4.78, 5) is 2.30. The average molecular weight is 291 g/mol. The summed E-state index contributed by atoms with van der Waals surface area (Å²) in [5, 5.41) is 3.26. The van der Waals surface area contributed by atoms with E-state index in [1.165, 1.54) is 0 Å². The number of rotatable bonds is 9. The Morgan fingerprint density at radius 2 is 2.05 bits per heavy atom. The van der Waals surface area contributed by atoms with Crippen molar-refractivity contribution < 1.29 is 8.42 Å². The first-order valence-corrected chi connectivity index (χ1v) is 9.13. The maximum atomic E-state index is 11.9. The molecule has 1 aliphatic rings. The Balaban J connectivity index is 2.19. The van der Waals surface area contributed by atoms with Crippen LogP contribution in [0.1, 0.15) is 33.1 Å². The molecule has 0 bridgehead atoms. The lowest BCUT2D eigenvalue weighted by molar-refractivity contribution is 0.300. The molecule has 0 aromatic carbocycles. The first kappa shape index (κ1) is 16.9. The van der Waals surface area contributed by atoms with Crippen molar-refractivity contribution in [2.75, 3.05) is 45.0 Å². The molecule has 1 fully saturated rings. The molecule has 114 valence electrons. The summed E-state index contributed by atoms with van der Waals surface area (Å²) >= 11 is 0. The Morgan fingerprint density at radius 3 is 2.63 bits per heavy atom. The molecular weight excluding hydrogens is 262 g/mol. The smallest absolute Gasteiger partial charge is 0.211 e. The standard InChI is InChI=1S/C13H29N3O2S/c1-3-16(4-2)10-6-9-15-19(17,18)12-13-7-5-8-14-11-13/h13-15H,3-12H2,1-2H3. The van der Waals surface area contributed by atoms with Gasteiger partial charge in [0.2, 0.25) is 10.0 Å². The Bertz CT molecular complexity index is 323. The maximum Gasteiger partial charge on any atom is 0.211 e. The highest BCUT2D eigenvalue weighted by atomic mass is 32.2. The van der Waals surface area contributed by atoms with Gasteiger partial charge in [-0.3, -0.25) is 0 Å². The minimum Gasteiger partial charge on any atom is -0.316 e. The van der Waals surface area contributed by atoms with Crippen LogP contribution >= 0.6 is 0 Å². The molecule has 0 saturated carbocycles. The Morgan fingerprint density at radius 1 is 1.32 bits per heavy atom. The van der Waals surface area contributed by atoms with Gasteiger partial charge in [-0.1, -0.05) is 13.8 Å². The molecule has 1 saturated heterocycles. The fourth-order valence-electron chi connectivity index (χ4n) is 2.51. The molecule has 5 nitrogen and oxygen atoms in total. The van der Waals surface area contributed by atoms with E-state index in [9.17, 15) is 8.42 Å². The zero-order chi connectivity index (χ0) is 14.1. The van der Waals surface area contributed by atoms with Gasteiger partial charge in [0.05, 0.1) is 5.75 Å². The first-order valence-electron chi connectivity index (χ1n) is 7.47. The average Bonchev–Trinajstić information content (AvgIpc) is 2.39. The third-order valence-electron chi connectivity index (χ3n) is 3.72. The summed E-state index contributed by atoms with van der Waals surface area (Å²) in [6.07, 6.45) is 2.99. The van der Waals surface area contributed by atoms with Gasteiger partial charge in [-0.25, -0.2) is 13.1 Å². The second kappa shape index (κ2) is 8.89. The number of nitrogens with zero attached hydrogens (tertiary/aromatic N) is 1. The minimum absolute atomic E-state index is 0.269. The van der Waals surface area contributed by atoms with Crippen LogP contribution < -0.4 is 10.0 Å². The number of nitrogens with one attached hydrogen (secondary N) is 2. The van der Waals surface area contributed by atoms with Crippen molar-refractivity contribution in [3.05, 3.63) is 0 Å². The number of sulfonamides is 1. The fraction of sp³-hybridized carbons (Fsp3) is 1.00. The summed E-state index contributed by atoms with van der Waals surface area (Å²) < 4.78 is 26.6. The molecule has 0 aliphatic carbocycles. The highest BCUT2D eigenvalue weighted by Gasteiger charge is 2.20. The molecule has 2 N–H and O–H groups in total. The highest BCUT2D eigenvalue weighted by Crippen LogP contribution is 2.11. The SMILES string of the molecule is CCN(CC)CCCNS(=O)(=O)CC1CCCNC1. The molecule has 1 atom stereocenters. The monoisotopic (exact) mass is 291 g/mol. The Kier molecular flexibility index (Phi) is 7.90. The maximum absolute atomic E-state index is 11.9. The van der Waals surface area contributed by atoms with E-state index in [2.05, 4.69) is 28.8 Å². The third kappa shape index (κ3) is 7.25. The lowest BCUT2D eigenvalue weighted by atomic mass is 10.0. The van der Waals surface area contributed by atoms with Gasteiger partial charge in [-0.2, -0.15) is 0 Å². The fourth-order valence-corrected chi connectivity index (χ4v) is 3.98. The zero-order valence-corrected chi connectivity index (χ0v) is 13.1. The highest BCUT2D eigenvalue weighted by molar-refractivity contribution is 7.89. The van der Waals surface area contributed by atoms with E-state index in [4.69, 9.17) is 0 Å². The molecule has 0 radical (unpaired) electrons. The molecule has 0 spiro atoms. The van der Waals surface area contributed by atoms with Crippen LogP contribution in [0.25, 0.3) is 0 Å². The van der Waals surface area contributed by atoms with Crippen molar-refractivity contribution in [3.8, 4) is 0 Å². The number of hydrogen-bond donors (Lipinski definition) is 2.